The van der Waals surface area contributed by atoms with Gasteiger partial charge in [0, 0.05) is 23.6 Å². The number of rotatable bonds is 3. The van der Waals surface area contributed by atoms with Crippen molar-refractivity contribution >= 4 is 16.9 Å². The lowest BCUT2D eigenvalue weighted by Crippen LogP contribution is -2.00. The van der Waals surface area contributed by atoms with Gasteiger partial charge >= 0.3 is 5.97 Å². The van der Waals surface area contributed by atoms with Gasteiger partial charge in [-0.2, -0.15) is 0 Å². The normalized spacial score (nSPS) is 11.0. The molecule has 2 aromatic carbocycles. The topological polar surface area (TPSA) is 42.2 Å². The van der Waals surface area contributed by atoms with E-state index in [1.807, 2.05) is 0 Å². The van der Waals surface area contributed by atoms with Crippen LogP contribution in [0.15, 0.2) is 48.7 Å². The van der Waals surface area contributed by atoms with Gasteiger partial charge in [-0.3, -0.25) is 0 Å². The molecule has 0 unspecified atom stereocenters. The van der Waals surface area contributed by atoms with Gasteiger partial charge in [0.1, 0.15) is 0 Å². The monoisotopic (exact) mass is 287 g/mol. The fourth-order valence-corrected chi connectivity index (χ4v) is 2.38. The molecule has 0 bridgehead atoms. The molecule has 0 radical (unpaired) electrons. The standard InChI is InChI=1S/C16H11F2NO2/c17-13-5-4-10(8-14(13)18)9-19-7-6-11-12(16(20)21)2-1-3-15(11)19/h1-8H,9H2,(H,20,21). The van der Waals surface area contributed by atoms with Crippen LogP contribution in [0.2, 0.25) is 0 Å². The molecule has 0 aliphatic carbocycles. The molecule has 0 amide bonds. The van der Waals surface area contributed by atoms with Crippen molar-refractivity contribution in [3.63, 3.8) is 0 Å². The number of benzene rings is 2. The molecule has 3 rings (SSSR count). The summed E-state index contributed by atoms with van der Waals surface area (Å²) in [5.74, 6) is -2.77. The second-order valence-corrected chi connectivity index (χ2v) is 4.74. The highest BCUT2D eigenvalue weighted by molar-refractivity contribution is 6.02. The maximum atomic E-state index is 13.2. The fraction of sp³-hybridized carbons (Fsp3) is 0.0625. The molecule has 0 aliphatic rings. The van der Waals surface area contributed by atoms with Crippen LogP contribution in [0.5, 0.6) is 0 Å². The molecule has 5 heteroatoms. The highest BCUT2D eigenvalue weighted by Crippen LogP contribution is 2.22. The molecule has 1 aromatic heterocycles. The zero-order chi connectivity index (χ0) is 15.0. The zero-order valence-electron chi connectivity index (χ0n) is 10.9. The lowest BCUT2D eigenvalue weighted by molar-refractivity contribution is 0.0699. The first-order valence-corrected chi connectivity index (χ1v) is 6.31. The maximum absolute atomic E-state index is 13.2. The Kier molecular flexibility index (Phi) is 3.17. The Labute approximate surface area is 119 Å². The largest absolute Gasteiger partial charge is 0.478 e. The van der Waals surface area contributed by atoms with E-state index in [0.717, 1.165) is 17.6 Å². The molecule has 21 heavy (non-hydrogen) atoms. The number of aromatic nitrogens is 1. The predicted octanol–water partition coefficient (Wildman–Crippen LogP) is 3.67. The first-order chi connectivity index (χ1) is 10.1. The third-order valence-electron chi connectivity index (χ3n) is 3.38. The SMILES string of the molecule is O=C(O)c1cccc2c1ccn2Cc1ccc(F)c(F)c1. The Balaban J connectivity index is 2.03. The number of carboxylic acid groups (broad SMARTS) is 1. The molecule has 0 saturated carbocycles. The fourth-order valence-electron chi connectivity index (χ4n) is 2.38. The van der Waals surface area contributed by atoms with E-state index in [-0.39, 0.29) is 5.56 Å². The molecule has 3 nitrogen and oxygen atoms in total. The van der Waals surface area contributed by atoms with Crippen molar-refractivity contribution < 1.29 is 18.7 Å². The van der Waals surface area contributed by atoms with Crippen molar-refractivity contribution in [2.75, 3.05) is 0 Å². The summed E-state index contributed by atoms with van der Waals surface area (Å²) in [7, 11) is 0. The van der Waals surface area contributed by atoms with Crippen LogP contribution in [0.25, 0.3) is 10.9 Å². The summed E-state index contributed by atoms with van der Waals surface area (Å²) in [4.78, 5) is 11.2. The van der Waals surface area contributed by atoms with Crippen molar-refractivity contribution in [3.05, 3.63) is 71.4 Å². The number of halogens is 2. The molecule has 1 N–H and O–H groups in total. The Morgan fingerprint density at radius 3 is 2.62 bits per heavy atom. The molecule has 1 heterocycles. The summed E-state index contributed by atoms with van der Waals surface area (Å²) >= 11 is 0. The second-order valence-electron chi connectivity index (χ2n) is 4.74. The minimum atomic E-state index is -0.994. The van der Waals surface area contributed by atoms with Gasteiger partial charge in [0.05, 0.1) is 5.56 Å². The summed E-state index contributed by atoms with van der Waals surface area (Å²) < 4.78 is 28.0. The average molecular weight is 287 g/mol. The van der Waals surface area contributed by atoms with E-state index in [4.69, 9.17) is 5.11 Å². The van der Waals surface area contributed by atoms with Gasteiger partial charge in [-0.1, -0.05) is 12.1 Å². The Hall–Kier alpha value is -2.69. The second kappa shape index (κ2) is 5.01. The van der Waals surface area contributed by atoms with Crippen molar-refractivity contribution in [2.24, 2.45) is 0 Å². The first-order valence-electron chi connectivity index (χ1n) is 6.31. The number of carbonyl (C=O) groups is 1. The van der Waals surface area contributed by atoms with E-state index in [9.17, 15) is 13.6 Å². The quantitative estimate of drug-likeness (QED) is 0.798. The lowest BCUT2D eigenvalue weighted by Gasteiger charge is -2.07. The summed E-state index contributed by atoms with van der Waals surface area (Å²) in [6, 6.07) is 10.4. The summed E-state index contributed by atoms with van der Waals surface area (Å²) in [5.41, 5.74) is 1.56. The van der Waals surface area contributed by atoms with E-state index < -0.39 is 17.6 Å². The number of fused-ring (bicyclic) bond motifs is 1. The average Bonchev–Trinajstić information content (AvgIpc) is 2.86. The highest BCUT2D eigenvalue weighted by Gasteiger charge is 2.11. The maximum Gasteiger partial charge on any atom is 0.336 e. The molecular formula is C16H11F2NO2. The number of hydrogen-bond donors (Lipinski definition) is 1. The molecule has 0 aliphatic heterocycles. The molecule has 106 valence electrons. The van der Waals surface area contributed by atoms with Crippen LogP contribution in [0.4, 0.5) is 8.78 Å². The van der Waals surface area contributed by atoms with Crippen LogP contribution in [-0.4, -0.2) is 15.6 Å². The van der Waals surface area contributed by atoms with Crippen LogP contribution in [0.1, 0.15) is 15.9 Å². The number of carboxylic acids is 1. The highest BCUT2D eigenvalue weighted by atomic mass is 19.2. The third-order valence-corrected chi connectivity index (χ3v) is 3.38. The van der Waals surface area contributed by atoms with Crippen LogP contribution in [-0.2, 0) is 6.54 Å². The van der Waals surface area contributed by atoms with Gasteiger partial charge in [0.25, 0.3) is 0 Å². The molecule has 0 spiro atoms. The van der Waals surface area contributed by atoms with Crippen LogP contribution >= 0.6 is 0 Å². The van der Waals surface area contributed by atoms with E-state index >= 15 is 0 Å². The Bertz CT molecular complexity index is 839. The van der Waals surface area contributed by atoms with Gasteiger partial charge in [-0.25, -0.2) is 13.6 Å². The summed E-state index contributed by atoms with van der Waals surface area (Å²) in [5, 5.41) is 9.77. The smallest absolute Gasteiger partial charge is 0.336 e. The predicted molar refractivity (Wildman–Crippen MR) is 74.4 cm³/mol. The first kappa shape index (κ1) is 13.3. The van der Waals surface area contributed by atoms with Crippen molar-refractivity contribution in [2.45, 2.75) is 6.54 Å². The van der Waals surface area contributed by atoms with Crippen LogP contribution < -0.4 is 0 Å². The molecule has 0 saturated heterocycles. The molecule has 0 fully saturated rings. The molecule has 0 atom stereocenters. The van der Waals surface area contributed by atoms with Crippen molar-refractivity contribution in [3.8, 4) is 0 Å². The zero-order valence-corrected chi connectivity index (χ0v) is 10.9. The minimum Gasteiger partial charge on any atom is -0.478 e. The third kappa shape index (κ3) is 2.38. The summed E-state index contributed by atoms with van der Waals surface area (Å²) in [6.07, 6.45) is 1.73. The van der Waals surface area contributed by atoms with Crippen molar-refractivity contribution in [1.29, 1.82) is 0 Å². The van der Waals surface area contributed by atoms with Crippen LogP contribution in [0, 0.1) is 11.6 Å². The Morgan fingerprint density at radius 2 is 1.90 bits per heavy atom. The minimum absolute atomic E-state index is 0.219. The molecular weight excluding hydrogens is 276 g/mol. The van der Waals surface area contributed by atoms with E-state index in [0.29, 0.717) is 17.5 Å². The lowest BCUT2D eigenvalue weighted by atomic mass is 10.1. The van der Waals surface area contributed by atoms with Gasteiger partial charge < -0.3 is 9.67 Å². The summed E-state index contributed by atoms with van der Waals surface area (Å²) in [6.45, 7) is 0.337. The van der Waals surface area contributed by atoms with Crippen LogP contribution in [0.3, 0.4) is 0 Å². The Morgan fingerprint density at radius 1 is 1.10 bits per heavy atom. The number of aromatic carboxylic acids is 1. The van der Waals surface area contributed by atoms with Gasteiger partial charge in [0.15, 0.2) is 11.6 Å². The number of nitrogens with zero attached hydrogens (tertiary/aromatic N) is 1. The number of hydrogen-bond acceptors (Lipinski definition) is 1. The van der Waals surface area contributed by atoms with E-state index in [1.54, 1.807) is 29.0 Å². The molecule has 3 aromatic rings. The van der Waals surface area contributed by atoms with E-state index in [1.165, 1.54) is 12.1 Å². The van der Waals surface area contributed by atoms with Gasteiger partial charge in [-0.15, -0.1) is 0 Å². The van der Waals surface area contributed by atoms with Gasteiger partial charge in [-0.05, 0) is 35.9 Å². The van der Waals surface area contributed by atoms with Crippen molar-refractivity contribution in [1.82, 2.24) is 4.57 Å². The van der Waals surface area contributed by atoms with E-state index in [2.05, 4.69) is 0 Å². The van der Waals surface area contributed by atoms with Gasteiger partial charge in [0.2, 0.25) is 0 Å².